The Morgan fingerprint density at radius 3 is 0.196 bits per heavy atom. The second-order valence-electron chi connectivity index (χ2n) is 0. The van der Waals surface area contributed by atoms with Crippen molar-refractivity contribution in [3.63, 3.8) is 0 Å². The van der Waals surface area contributed by atoms with Crippen LogP contribution in [0.4, 0.5) is 4.70 Å². The zero-order valence-corrected chi connectivity index (χ0v) is 78.9. The number of hydrogen-bond donors (Lipinski definition) is 0. The molecular weight excluding hydrogens is 2180 g/mol. The Hall–Kier alpha value is 24.1. The molecule has 0 atom stereocenters. The van der Waals surface area contributed by atoms with E-state index >= 15 is 0 Å². The fourth-order valence-electron chi connectivity index (χ4n) is 0. The van der Waals surface area contributed by atoms with Crippen molar-refractivity contribution < 1.29 is 763 Å². The van der Waals surface area contributed by atoms with Gasteiger partial charge in [0.15, 0.2) is 0 Å². The molecule has 0 N–H and O–H groups in total. The first-order valence-corrected chi connectivity index (χ1v) is 2.97. The molecule has 0 aliphatic rings. The molecule has 0 bridgehead atoms. The van der Waals surface area contributed by atoms with Gasteiger partial charge in [-0.25, -0.2) is 0 Å². The van der Waals surface area contributed by atoms with Crippen LogP contribution >= 0.6 is 10.3 Å². The Labute approximate surface area is 773 Å². The molecule has 0 nitrogen and oxygen atoms in total. The maximum absolute atomic E-state index is 4.02. The predicted molar refractivity (Wildman–Crippen MR) is 27.9 cm³/mol. The van der Waals surface area contributed by atoms with Crippen LogP contribution in [0.2, 0.25) is 0 Å². The van der Waals surface area contributed by atoms with E-state index in [1.165, 1.54) is 0 Å². The molecule has 0 amide bonds. The molecule has 0 aromatic heterocycles. The molecular formula is C3H10FSV41-. The van der Waals surface area contributed by atoms with Crippen LogP contribution in [0.3, 0.4) is 0 Å². The maximum atomic E-state index is 4.02. The van der Waals surface area contributed by atoms with Gasteiger partial charge in [0.1, 0.15) is 0 Å². The van der Waals surface area contributed by atoms with E-state index in [1.54, 1.807) is 6.92 Å². The molecule has 40 radical (unpaired) electrons. The third-order valence-electron chi connectivity index (χ3n) is 0. The van der Waals surface area contributed by atoms with E-state index in [1.807, 2.05) is 15.7 Å². The molecule has 46 heavy (non-hydrogen) atoms. The van der Waals surface area contributed by atoms with Crippen molar-refractivity contribution in [3.8, 4) is 0 Å². The van der Waals surface area contributed by atoms with Crippen LogP contribution in [-0.4, -0.2) is 0 Å². The van der Waals surface area contributed by atoms with Crippen molar-refractivity contribution in [2.24, 2.45) is 0 Å². The van der Waals surface area contributed by atoms with E-state index in [0.29, 0.717) is 0 Å². The van der Waals surface area contributed by atoms with Crippen LogP contribution in [0, 0.1) is 6.92 Å². The predicted octanol–water partition coefficient (Wildman–Crippen LogP) is 2.17. The summed E-state index contributed by atoms with van der Waals surface area (Å²) in [6.45, 7) is 5.00. The largest absolute Gasteiger partial charge is 0 e. The van der Waals surface area contributed by atoms with E-state index in [2.05, 4.69) is 17.2 Å². The topological polar surface area (TPSA) is 0 Å². The van der Waals surface area contributed by atoms with Crippen molar-refractivity contribution in [2.45, 2.75) is 14.4 Å². The van der Waals surface area contributed by atoms with Gasteiger partial charge in [0, 0.05) is 742 Å². The Balaban J connectivity index is -0.0000000000216. The summed E-state index contributed by atoms with van der Waals surface area (Å²) in [5.74, 6) is 0. The minimum absolute atomic E-state index is 0. The molecule has 0 spiro atoms. The van der Waals surface area contributed by atoms with Gasteiger partial charge in [-0.2, -0.15) is 6.92 Å². The summed E-state index contributed by atoms with van der Waals surface area (Å²) < 4.78 is 0. The quantitative estimate of drug-likeness (QED) is 0.336. The third-order valence-corrected chi connectivity index (χ3v) is 0. The van der Waals surface area contributed by atoms with Crippen LogP contribution in [-0.2, 0) is 758 Å². The monoisotopic (exact) mass is 2190 g/mol. The first kappa shape index (κ1) is 491. The Morgan fingerprint density at radius 1 is 0.196 bits per heavy atom. The van der Waals surface area contributed by atoms with Gasteiger partial charge in [0.05, 0.1) is 0 Å². The van der Waals surface area contributed by atoms with Crippen LogP contribution in [0.5, 0.6) is 0 Å². The first-order chi connectivity index (χ1) is 2.00. The first-order valence-electron chi connectivity index (χ1n) is 0.890. The van der Waals surface area contributed by atoms with Gasteiger partial charge in [0.25, 0.3) is 0 Å². The molecule has 0 aromatic carbocycles. The van der Waals surface area contributed by atoms with E-state index in [4.69, 9.17) is 0 Å². The van der Waals surface area contributed by atoms with Crippen LogP contribution in [0.1, 0.15) is 14.4 Å². The standard InChI is InChI=1S/C2H5.CH4.FH.S.41V/c1-2;;;;;;;;;;;;;;;;;;;;;;;;;;;;;;;;;;;;;;;;;;;;/h1H2,2H3;1H4;1H;;;;;;;;;;;;;;;;;;;;;;;;;;;;;;;;;;;;;;;;;;/q-1;;;;;;;;;;;;;;;;;;;;;;;;;;;;;;;;;;;;;;;;;;;;. The average Bonchev–Trinajstić information content (AvgIpc) is 1.50. The zero-order valence-electron chi connectivity index (χ0n) is 20.9. The van der Waals surface area contributed by atoms with Gasteiger partial charge in [-0.3, -0.25) is 4.70 Å². The van der Waals surface area contributed by atoms with Crippen molar-refractivity contribution in [2.75, 3.05) is 0 Å². The minimum Gasteiger partial charge on any atom is 0 e. The van der Waals surface area contributed by atoms with Crippen molar-refractivity contribution in [1.82, 2.24) is 0 Å². The summed E-state index contributed by atoms with van der Waals surface area (Å²) in [6, 6.07) is 0. The van der Waals surface area contributed by atoms with Gasteiger partial charge in [-0.05, 0) is 0 Å². The number of hydrogen-bond acceptors (Lipinski definition) is 1. The summed E-state index contributed by atoms with van der Waals surface area (Å²) in [4.78, 5) is 0. The third kappa shape index (κ3) is 528. The van der Waals surface area contributed by atoms with Crippen molar-refractivity contribution >= 4 is 10.3 Å². The van der Waals surface area contributed by atoms with Gasteiger partial charge in [-0.15, -0.1) is 0 Å². The minimum atomic E-state index is 0. The van der Waals surface area contributed by atoms with Crippen molar-refractivity contribution in [3.05, 3.63) is 6.92 Å². The Morgan fingerprint density at radius 2 is 0.196 bits per heavy atom. The van der Waals surface area contributed by atoms with Gasteiger partial charge in [0.2, 0.25) is 0 Å². The van der Waals surface area contributed by atoms with Gasteiger partial charge < -0.3 is 6.92 Å². The summed E-state index contributed by atoms with van der Waals surface area (Å²) in [7, 11) is 4.02. The Kier molecular flexibility index (Phi) is 5890. The van der Waals surface area contributed by atoms with Crippen molar-refractivity contribution in [1.29, 1.82) is 0 Å². The molecule has 0 saturated carbocycles. The van der Waals surface area contributed by atoms with Gasteiger partial charge >= 0.3 is 26.0 Å². The SMILES string of the molecule is C.F.[CH2-]C.[S]=[V].[V].[V].[V].[V].[V].[V].[V].[V].[V].[V].[V].[V].[V].[V].[V].[V].[V].[V].[V].[V].[V].[V].[V].[V].[V].[V].[V].[V].[V].[V].[V].[V].[V].[V].[V].[V].[V].[V].[V].[V]. The van der Waals surface area contributed by atoms with E-state index in [0.717, 1.165) is 0 Å². The molecule has 0 saturated heterocycles. The average molecular weight is 2190 g/mol. The maximum Gasteiger partial charge on any atom is 0 e. The fourth-order valence-corrected chi connectivity index (χ4v) is 0. The molecule has 0 aliphatic carbocycles. The molecule has 0 rings (SSSR count). The van der Waals surface area contributed by atoms with Crippen LogP contribution < -0.4 is 0 Å². The van der Waals surface area contributed by atoms with E-state index in [-0.39, 0.29) is 754 Å². The molecule has 0 aromatic rings. The molecule has 0 unspecified atom stereocenters. The normalized spacial score (nSPS) is 0.196. The van der Waals surface area contributed by atoms with E-state index < -0.39 is 0 Å². The van der Waals surface area contributed by atoms with Gasteiger partial charge in [-0.1, -0.05) is 7.43 Å². The molecule has 241 valence electrons. The molecule has 0 fully saturated rings. The van der Waals surface area contributed by atoms with Crippen LogP contribution in [0.15, 0.2) is 0 Å². The summed E-state index contributed by atoms with van der Waals surface area (Å²) >= 11 is 1.90. The molecule has 0 heterocycles. The summed E-state index contributed by atoms with van der Waals surface area (Å²) in [6.07, 6.45) is 0. The zero-order chi connectivity index (χ0) is 4.00. The number of halogens is 1. The summed E-state index contributed by atoms with van der Waals surface area (Å²) in [5, 5.41) is 0. The number of rotatable bonds is 0. The second-order valence-corrected chi connectivity index (χ2v) is 0. The molecule has 0 aliphatic heterocycles. The molecule has 43 heteroatoms. The summed E-state index contributed by atoms with van der Waals surface area (Å²) in [5.41, 5.74) is 0. The van der Waals surface area contributed by atoms with E-state index in [9.17, 15) is 0 Å². The van der Waals surface area contributed by atoms with Crippen LogP contribution in [0.25, 0.3) is 0 Å². The Bertz CT molecular complexity index is 29.7. The second kappa shape index (κ2) is 552. The fraction of sp³-hybridized carbons (Fsp3) is 0.667. The smallest absolute Gasteiger partial charge is 0 e.